The van der Waals surface area contributed by atoms with E-state index in [2.05, 4.69) is 5.32 Å². The van der Waals surface area contributed by atoms with Crippen LogP contribution in [0.3, 0.4) is 0 Å². The second kappa shape index (κ2) is 4.09. The highest BCUT2D eigenvalue weighted by atomic mass is 32.2. The Labute approximate surface area is 64.8 Å². The van der Waals surface area contributed by atoms with E-state index in [1.54, 1.807) is 0 Å². The maximum absolute atomic E-state index is 10.9. The normalized spacial score (nSPS) is 22.1. The lowest BCUT2D eigenvalue weighted by atomic mass is 10.0. The molecule has 1 atom stereocenters. The van der Waals surface area contributed by atoms with Gasteiger partial charge in [-0.2, -0.15) is 0 Å². The van der Waals surface area contributed by atoms with Gasteiger partial charge in [0, 0.05) is 22.3 Å². The average molecular weight is 161 g/mol. The van der Waals surface area contributed by atoms with Crippen LogP contribution in [0.4, 0.5) is 0 Å². The van der Waals surface area contributed by atoms with E-state index < -0.39 is 10.8 Å². The van der Waals surface area contributed by atoms with Gasteiger partial charge in [-0.1, -0.05) is 6.92 Å². The Hall–Kier alpha value is 0.110. The molecule has 3 heteroatoms. The molecule has 0 amide bonds. The van der Waals surface area contributed by atoms with Gasteiger partial charge in [0.2, 0.25) is 0 Å². The molecule has 0 aromatic heterocycles. The summed E-state index contributed by atoms with van der Waals surface area (Å²) in [5.74, 6) is 2.54. The SMILES string of the molecule is CCS(=O)CCC1CNC1. The van der Waals surface area contributed by atoms with Crippen molar-refractivity contribution >= 4 is 10.8 Å². The molecule has 1 aliphatic rings. The van der Waals surface area contributed by atoms with E-state index in [1.165, 1.54) is 0 Å². The molecule has 2 nitrogen and oxygen atoms in total. The predicted molar refractivity (Wildman–Crippen MR) is 44.5 cm³/mol. The summed E-state index contributed by atoms with van der Waals surface area (Å²) in [7, 11) is -0.543. The van der Waals surface area contributed by atoms with Gasteiger partial charge in [-0.3, -0.25) is 4.21 Å². The zero-order valence-electron chi connectivity index (χ0n) is 6.43. The second-order valence-corrected chi connectivity index (χ2v) is 4.61. The fraction of sp³-hybridized carbons (Fsp3) is 1.00. The molecule has 0 spiro atoms. The topological polar surface area (TPSA) is 29.1 Å². The summed E-state index contributed by atoms with van der Waals surface area (Å²) in [6, 6.07) is 0. The Balaban J connectivity index is 1.98. The number of hydrogen-bond donors (Lipinski definition) is 1. The van der Waals surface area contributed by atoms with E-state index >= 15 is 0 Å². The molecule has 1 unspecified atom stereocenters. The zero-order chi connectivity index (χ0) is 7.40. The van der Waals surface area contributed by atoms with E-state index in [0.717, 1.165) is 36.9 Å². The lowest BCUT2D eigenvalue weighted by Crippen LogP contribution is -2.42. The van der Waals surface area contributed by atoms with Crippen molar-refractivity contribution in [2.45, 2.75) is 13.3 Å². The average Bonchev–Trinajstić information content (AvgIpc) is 1.84. The van der Waals surface area contributed by atoms with E-state index in [4.69, 9.17) is 0 Å². The van der Waals surface area contributed by atoms with Crippen molar-refractivity contribution in [2.24, 2.45) is 5.92 Å². The molecule has 60 valence electrons. The summed E-state index contributed by atoms with van der Waals surface area (Å²) in [4.78, 5) is 0. The predicted octanol–water partition coefficient (Wildman–Crippen LogP) is 0.365. The van der Waals surface area contributed by atoms with Gasteiger partial charge in [0.25, 0.3) is 0 Å². The first kappa shape index (κ1) is 8.21. The molecular formula is C7H15NOS. The summed E-state index contributed by atoms with van der Waals surface area (Å²) >= 11 is 0. The van der Waals surface area contributed by atoms with E-state index in [-0.39, 0.29) is 0 Å². The summed E-state index contributed by atoms with van der Waals surface area (Å²) in [5.41, 5.74) is 0. The van der Waals surface area contributed by atoms with Gasteiger partial charge in [-0.05, 0) is 25.4 Å². The number of rotatable bonds is 4. The lowest BCUT2D eigenvalue weighted by Gasteiger charge is -2.26. The van der Waals surface area contributed by atoms with Crippen LogP contribution in [0.5, 0.6) is 0 Å². The van der Waals surface area contributed by atoms with Gasteiger partial charge in [0.15, 0.2) is 0 Å². The molecule has 1 rings (SSSR count). The van der Waals surface area contributed by atoms with Gasteiger partial charge < -0.3 is 5.32 Å². The third-order valence-corrected chi connectivity index (χ3v) is 3.28. The molecule has 1 aliphatic heterocycles. The minimum Gasteiger partial charge on any atom is -0.316 e. The summed E-state index contributed by atoms with van der Waals surface area (Å²) in [6.45, 7) is 4.26. The first-order valence-corrected chi connectivity index (χ1v) is 5.37. The Morgan fingerprint density at radius 3 is 2.70 bits per heavy atom. The lowest BCUT2D eigenvalue weighted by molar-refractivity contribution is 0.340. The molecule has 1 saturated heterocycles. The molecule has 0 bridgehead atoms. The molecule has 0 saturated carbocycles. The highest BCUT2D eigenvalue weighted by Crippen LogP contribution is 2.08. The highest BCUT2D eigenvalue weighted by molar-refractivity contribution is 7.84. The Morgan fingerprint density at radius 2 is 2.30 bits per heavy atom. The van der Waals surface area contributed by atoms with E-state index in [0.29, 0.717) is 0 Å². The minimum absolute atomic E-state index is 0.543. The fourth-order valence-electron chi connectivity index (χ4n) is 0.995. The van der Waals surface area contributed by atoms with E-state index in [9.17, 15) is 4.21 Å². The first-order chi connectivity index (χ1) is 4.83. The highest BCUT2D eigenvalue weighted by Gasteiger charge is 2.16. The minimum atomic E-state index is -0.543. The quantitative estimate of drug-likeness (QED) is 0.645. The van der Waals surface area contributed by atoms with Gasteiger partial charge in [-0.15, -0.1) is 0 Å². The molecular weight excluding hydrogens is 146 g/mol. The molecule has 10 heavy (non-hydrogen) atoms. The summed E-state index contributed by atoms with van der Waals surface area (Å²) in [6.07, 6.45) is 1.15. The Morgan fingerprint density at radius 1 is 1.60 bits per heavy atom. The van der Waals surface area contributed by atoms with Crippen molar-refractivity contribution in [3.05, 3.63) is 0 Å². The van der Waals surface area contributed by atoms with Gasteiger partial charge in [0.1, 0.15) is 0 Å². The first-order valence-electron chi connectivity index (χ1n) is 3.88. The largest absolute Gasteiger partial charge is 0.316 e. The van der Waals surface area contributed by atoms with Crippen molar-refractivity contribution < 1.29 is 4.21 Å². The van der Waals surface area contributed by atoms with Crippen molar-refractivity contribution in [1.29, 1.82) is 0 Å². The molecule has 1 heterocycles. The Bertz CT molecular complexity index is 123. The molecule has 1 N–H and O–H groups in total. The molecule has 0 aromatic carbocycles. The molecule has 1 fully saturated rings. The van der Waals surface area contributed by atoms with E-state index in [1.807, 2.05) is 6.92 Å². The summed E-state index contributed by atoms with van der Waals surface area (Å²) < 4.78 is 10.9. The van der Waals surface area contributed by atoms with Crippen LogP contribution in [0.2, 0.25) is 0 Å². The van der Waals surface area contributed by atoms with Crippen LogP contribution < -0.4 is 5.32 Å². The van der Waals surface area contributed by atoms with Crippen LogP contribution in [0, 0.1) is 5.92 Å². The van der Waals surface area contributed by atoms with Gasteiger partial charge in [0.05, 0.1) is 0 Å². The van der Waals surface area contributed by atoms with Crippen molar-refractivity contribution in [1.82, 2.24) is 5.32 Å². The standard InChI is InChI=1S/C7H15NOS/c1-2-10(9)4-3-7-5-8-6-7/h7-8H,2-6H2,1H3. The smallest absolute Gasteiger partial charge is 0.0238 e. The monoisotopic (exact) mass is 161 g/mol. The Kier molecular flexibility index (Phi) is 3.35. The second-order valence-electron chi connectivity index (χ2n) is 2.75. The van der Waals surface area contributed by atoms with Gasteiger partial charge >= 0.3 is 0 Å². The third-order valence-electron chi connectivity index (χ3n) is 1.94. The van der Waals surface area contributed by atoms with Crippen LogP contribution in [-0.2, 0) is 10.8 Å². The molecule has 0 aliphatic carbocycles. The van der Waals surface area contributed by atoms with Crippen LogP contribution in [0.1, 0.15) is 13.3 Å². The van der Waals surface area contributed by atoms with Crippen LogP contribution in [0.25, 0.3) is 0 Å². The van der Waals surface area contributed by atoms with Crippen LogP contribution >= 0.6 is 0 Å². The summed E-state index contributed by atoms with van der Waals surface area (Å²) in [5, 5.41) is 3.20. The zero-order valence-corrected chi connectivity index (χ0v) is 7.25. The number of nitrogens with one attached hydrogen (secondary N) is 1. The van der Waals surface area contributed by atoms with Crippen molar-refractivity contribution in [2.75, 3.05) is 24.6 Å². The van der Waals surface area contributed by atoms with Gasteiger partial charge in [-0.25, -0.2) is 0 Å². The third kappa shape index (κ3) is 2.39. The van der Waals surface area contributed by atoms with Crippen LogP contribution in [0.15, 0.2) is 0 Å². The fourth-order valence-corrected chi connectivity index (χ4v) is 1.88. The van der Waals surface area contributed by atoms with Crippen molar-refractivity contribution in [3.8, 4) is 0 Å². The molecule has 0 aromatic rings. The van der Waals surface area contributed by atoms with Crippen molar-refractivity contribution in [3.63, 3.8) is 0 Å². The molecule has 0 radical (unpaired) electrons. The maximum atomic E-state index is 10.9. The maximum Gasteiger partial charge on any atom is 0.0238 e. The van der Waals surface area contributed by atoms with Crippen LogP contribution in [-0.4, -0.2) is 28.8 Å². The number of hydrogen-bond acceptors (Lipinski definition) is 2.